The van der Waals surface area contributed by atoms with E-state index in [-0.39, 0.29) is 18.1 Å². The monoisotopic (exact) mass is 268 g/mol. The molecular formula is C12H20N4O3. The predicted octanol–water partition coefficient (Wildman–Crippen LogP) is -0.153. The SMILES string of the molecule is COCCn1cc(NC(=O)COC2(C)CNC2)cn1. The smallest absolute Gasteiger partial charge is 0.250 e. The van der Waals surface area contributed by atoms with Crippen LogP contribution in [0, 0.1) is 0 Å². The topological polar surface area (TPSA) is 77.4 Å². The molecule has 0 atom stereocenters. The predicted molar refractivity (Wildman–Crippen MR) is 70.0 cm³/mol. The van der Waals surface area contributed by atoms with Gasteiger partial charge in [0, 0.05) is 26.4 Å². The Labute approximate surface area is 112 Å². The lowest BCUT2D eigenvalue weighted by molar-refractivity contribution is -0.130. The molecule has 1 amide bonds. The van der Waals surface area contributed by atoms with Gasteiger partial charge in [-0.15, -0.1) is 0 Å². The highest BCUT2D eigenvalue weighted by Gasteiger charge is 2.32. The molecule has 0 aromatic carbocycles. The van der Waals surface area contributed by atoms with Crippen molar-refractivity contribution in [3.8, 4) is 0 Å². The molecule has 0 saturated carbocycles. The standard InChI is InChI=1S/C12H20N4O3/c1-12(8-13-9-12)19-7-11(17)15-10-5-14-16(6-10)3-4-18-2/h5-6,13H,3-4,7-9H2,1-2H3,(H,15,17). The van der Waals surface area contributed by atoms with Crippen molar-refractivity contribution >= 4 is 11.6 Å². The number of methoxy groups -OCH3 is 1. The van der Waals surface area contributed by atoms with E-state index in [1.54, 1.807) is 24.2 Å². The number of hydrogen-bond donors (Lipinski definition) is 2. The second-order valence-electron chi connectivity index (χ2n) is 4.88. The number of hydrogen-bond acceptors (Lipinski definition) is 5. The number of rotatable bonds is 7. The average molecular weight is 268 g/mol. The number of carbonyl (C=O) groups excluding carboxylic acids is 1. The summed E-state index contributed by atoms with van der Waals surface area (Å²) in [6, 6.07) is 0. The van der Waals surface area contributed by atoms with E-state index in [1.807, 2.05) is 6.92 Å². The highest BCUT2D eigenvalue weighted by atomic mass is 16.5. The van der Waals surface area contributed by atoms with Crippen LogP contribution >= 0.6 is 0 Å². The van der Waals surface area contributed by atoms with Crippen LogP contribution in [0.1, 0.15) is 6.92 Å². The van der Waals surface area contributed by atoms with Gasteiger partial charge in [-0.25, -0.2) is 0 Å². The van der Waals surface area contributed by atoms with Gasteiger partial charge in [0.25, 0.3) is 0 Å². The molecule has 19 heavy (non-hydrogen) atoms. The largest absolute Gasteiger partial charge is 0.383 e. The third kappa shape index (κ3) is 4.02. The van der Waals surface area contributed by atoms with Crippen LogP contribution in [0.15, 0.2) is 12.4 Å². The second kappa shape index (κ2) is 6.14. The van der Waals surface area contributed by atoms with E-state index in [9.17, 15) is 4.79 Å². The van der Waals surface area contributed by atoms with Crippen LogP contribution in [0.3, 0.4) is 0 Å². The summed E-state index contributed by atoms with van der Waals surface area (Å²) in [6.45, 7) is 4.86. The van der Waals surface area contributed by atoms with Crippen LogP contribution in [-0.4, -0.2) is 54.7 Å². The van der Waals surface area contributed by atoms with Gasteiger partial charge < -0.3 is 20.1 Å². The van der Waals surface area contributed by atoms with Gasteiger partial charge in [-0.05, 0) is 6.92 Å². The molecule has 106 valence electrons. The van der Waals surface area contributed by atoms with Crippen LogP contribution in [0.25, 0.3) is 0 Å². The Hall–Kier alpha value is -1.44. The molecule has 2 N–H and O–H groups in total. The minimum atomic E-state index is -0.208. The summed E-state index contributed by atoms with van der Waals surface area (Å²) in [7, 11) is 1.64. The number of anilines is 1. The average Bonchev–Trinajstić information content (AvgIpc) is 2.79. The van der Waals surface area contributed by atoms with E-state index in [2.05, 4.69) is 15.7 Å². The summed E-state index contributed by atoms with van der Waals surface area (Å²) in [5, 5.41) is 9.98. The number of nitrogens with zero attached hydrogens (tertiary/aromatic N) is 2. The zero-order chi connectivity index (χ0) is 13.7. The Bertz CT molecular complexity index is 428. The first-order chi connectivity index (χ1) is 9.11. The molecule has 0 spiro atoms. The third-order valence-electron chi connectivity index (χ3n) is 2.99. The number of nitrogens with one attached hydrogen (secondary N) is 2. The van der Waals surface area contributed by atoms with Gasteiger partial charge in [0.15, 0.2) is 0 Å². The first-order valence-corrected chi connectivity index (χ1v) is 6.27. The summed E-state index contributed by atoms with van der Waals surface area (Å²) in [5.74, 6) is -0.167. The zero-order valence-corrected chi connectivity index (χ0v) is 11.3. The molecule has 1 aliphatic rings. The first kappa shape index (κ1) is 14.0. The third-order valence-corrected chi connectivity index (χ3v) is 2.99. The lowest BCUT2D eigenvalue weighted by atomic mass is 10.0. The number of aromatic nitrogens is 2. The number of amides is 1. The lowest BCUT2D eigenvalue weighted by Gasteiger charge is -2.38. The minimum absolute atomic E-state index is 0.0570. The van der Waals surface area contributed by atoms with Crippen LogP contribution in [0.2, 0.25) is 0 Å². The van der Waals surface area contributed by atoms with E-state index in [1.165, 1.54) is 0 Å². The summed E-state index contributed by atoms with van der Waals surface area (Å²) < 4.78 is 12.2. The fraction of sp³-hybridized carbons (Fsp3) is 0.667. The van der Waals surface area contributed by atoms with Gasteiger partial charge in [-0.1, -0.05) is 0 Å². The normalized spacial score (nSPS) is 16.9. The van der Waals surface area contributed by atoms with Crippen molar-refractivity contribution in [2.75, 3.05) is 38.7 Å². The molecule has 2 heterocycles. The summed E-state index contributed by atoms with van der Waals surface area (Å²) >= 11 is 0. The van der Waals surface area contributed by atoms with Crippen LogP contribution in [0.5, 0.6) is 0 Å². The van der Waals surface area contributed by atoms with Crippen molar-refractivity contribution in [2.24, 2.45) is 0 Å². The van der Waals surface area contributed by atoms with Crippen molar-refractivity contribution in [3.05, 3.63) is 12.4 Å². The maximum atomic E-state index is 11.7. The van der Waals surface area contributed by atoms with Gasteiger partial charge in [0.1, 0.15) is 6.61 Å². The van der Waals surface area contributed by atoms with E-state index < -0.39 is 0 Å². The molecule has 7 heteroatoms. The van der Waals surface area contributed by atoms with Gasteiger partial charge in [0.05, 0.1) is 30.6 Å². The van der Waals surface area contributed by atoms with Crippen molar-refractivity contribution in [2.45, 2.75) is 19.1 Å². The fourth-order valence-corrected chi connectivity index (χ4v) is 1.75. The van der Waals surface area contributed by atoms with E-state index in [4.69, 9.17) is 9.47 Å². The Balaban J connectivity index is 1.73. The molecule has 0 aliphatic carbocycles. The Kier molecular flexibility index (Phi) is 4.52. The Morgan fingerprint density at radius 2 is 2.42 bits per heavy atom. The van der Waals surface area contributed by atoms with Gasteiger partial charge in [-0.3, -0.25) is 9.48 Å². The quantitative estimate of drug-likeness (QED) is 0.719. The van der Waals surface area contributed by atoms with Crippen molar-refractivity contribution in [1.29, 1.82) is 0 Å². The molecule has 1 aromatic heterocycles. The summed E-state index contributed by atoms with van der Waals surface area (Å²) in [5.41, 5.74) is 0.460. The maximum absolute atomic E-state index is 11.7. The Morgan fingerprint density at radius 3 is 3.05 bits per heavy atom. The van der Waals surface area contributed by atoms with E-state index >= 15 is 0 Å². The van der Waals surface area contributed by atoms with Crippen molar-refractivity contribution < 1.29 is 14.3 Å². The Morgan fingerprint density at radius 1 is 1.63 bits per heavy atom. The van der Waals surface area contributed by atoms with Crippen LogP contribution < -0.4 is 10.6 Å². The summed E-state index contributed by atoms with van der Waals surface area (Å²) in [4.78, 5) is 11.7. The van der Waals surface area contributed by atoms with Crippen molar-refractivity contribution in [1.82, 2.24) is 15.1 Å². The van der Waals surface area contributed by atoms with Gasteiger partial charge in [0.2, 0.25) is 5.91 Å². The van der Waals surface area contributed by atoms with Crippen molar-refractivity contribution in [3.63, 3.8) is 0 Å². The molecule has 1 saturated heterocycles. The molecule has 0 bridgehead atoms. The number of ether oxygens (including phenoxy) is 2. The molecular weight excluding hydrogens is 248 g/mol. The molecule has 1 aromatic rings. The molecule has 1 fully saturated rings. The number of carbonyl (C=O) groups is 1. The first-order valence-electron chi connectivity index (χ1n) is 6.27. The maximum Gasteiger partial charge on any atom is 0.250 e. The van der Waals surface area contributed by atoms with Crippen LogP contribution in [-0.2, 0) is 20.8 Å². The second-order valence-corrected chi connectivity index (χ2v) is 4.88. The summed E-state index contributed by atoms with van der Waals surface area (Å²) in [6.07, 6.45) is 3.38. The van der Waals surface area contributed by atoms with E-state index in [0.717, 1.165) is 13.1 Å². The highest BCUT2D eigenvalue weighted by Crippen LogP contribution is 2.15. The zero-order valence-electron chi connectivity index (χ0n) is 11.3. The molecule has 0 unspecified atom stereocenters. The van der Waals surface area contributed by atoms with E-state index in [0.29, 0.717) is 18.8 Å². The fourth-order valence-electron chi connectivity index (χ4n) is 1.75. The van der Waals surface area contributed by atoms with Crippen LogP contribution in [0.4, 0.5) is 5.69 Å². The van der Waals surface area contributed by atoms with Gasteiger partial charge in [-0.2, -0.15) is 5.10 Å². The molecule has 1 aliphatic heterocycles. The molecule has 0 radical (unpaired) electrons. The highest BCUT2D eigenvalue weighted by molar-refractivity contribution is 5.91. The molecule has 7 nitrogen and oxygen atoms in total. The minimum Gasteiger partial charge on any atom is -0.383 e. The molecule has 2 rings (SSSR count). The van der Waals surface area contributed by atoms with Gasteiger partial charge >= 0.3 is 0 Å². The lowest BCUT2D eigenvalue weighted by Crippen LogP contribution is -2.59.